The van der Waals surface area contributed by atoms with E-state index in [2.05, 4.69) is 44.0 Å². The first-order chi connectivity index (χ1) is 12.6. The van der Waals surface area contributed by atoms with E-state index in [1.165, 1.54) is 5.56 Å². The number of fused-ring (bicyclic) bond motifs is 1. The van der Waals surface area contributed by atoms with Crippen LogP contribution in [0.3, 0.4) is 0 Å². The van der Waals surface area contributed by atoms with Crippen LogP contribution in [0.15, 0.2) is 42.7 Å². The zero-order valence-electron chi connectivity index (χ0n) is 15.6. The number of nitrogens with zero attached hydrogens (tertiary/aromatic N) is 3. The number of pyridine rings is 1. The van der Waals surface area contributed by atoms with Crippen LogP contribution in [-0.2, 0) is 11.3 Å². The summed E-state index contributed by atoms with van der Waals surface area (Å²) >= 11 is 1.59. The van der Waals surface area contributed by atoms with E-state index in [1.54, 1.807) is 17.5 Å². The van der Waals surface area contributed by atoms with Gasteiger partial charge in [-0.2, -0.15) is 0 Å². The molecule has 0 saturated heterocycles. The van der Waals surface area contributed by atoms with E-state index < -0.39 is 0 Å². The molecule has 0 aliphatic carbocycles. The van der Waals surface area contributed by atoms with Gasteiger partial charge in [0.15, 0.2) is 5.13 Å². The minimum Gasteiger partial charge on any atom is -0.284 e. The van der Waals surface area contributed by atoms with Crippen molar-refractivity contribution in [1.82, 2.24) is 9.97 Å². The Kier molecular flexibility index (Phi) is 5.99. The largest absolute Gasteiger partial charge is 0.284 e. The quantitative estimate of drug-likeness (QED) is 0.551. The number of thiazole rings is 1. The smallest absolute Gasteiger partial charge is 0.229 e. The molecule has 4 nitrogen and oxygen atoms in total. The summed E-state index contributed by atoms with van der Waals surface area (Å²) in [5.74, 6) is 0.525. The van der Waals surface area contributed by atoms with Gasteiger partial charge in [-0.25, -0.2) is 4.98 Å². The molecule has 0 aliphatic rings. The average Bonchev–Trinajstić information content (AvgIpc) is 3.08. The maximum atomic E-state index is 12.9. The van der Waals surface area contributed by atoms with Crippen molar-refractivity contribution >= 4 is 32.6 Å². The molecule has 0 saturated carbocycles. The van der Waals surface area contributed by atoms with Crippen LogP contribution < -0.4 is 4.90 Å². The van der Waals surface area contributed by atoms with Crippen LogP contribution in [-0.4, -0.2) is 15.9 Å². The fourth-order valence-corrected chi connectivity index (χ4v) is 3.96. The average molecular weight is 368 g/mol. The number of para-hydroxylation sites is 1. The van der Waals surface area contributed by atoms with Gasteiger partial charge in [0.25, 0.3) is 0 Å². The number of rotatable bonds is 7. The lowest BCUT2D eigenvalue weighted by Crippen LogP contribution is -2.30. The van der Waals surface area contributed by atoms with Crippen LogP contribution >= 0.6 is 11.3 Å². The Morgan fingerprint density at radius 3 is 2.77 bits per heavy atom. The maximum absolute atomic E-state index is 12.9. The maximum Gasteiger partial charge on any atom is 0.229 e. The van der Waals surface area contributed by atoms with Crippen LogP contribution in [0.4, 0.5) is 5.13 Å². The van der Waals surface area contributed by atoms with E-state index in [-0.39, 0.29) is 5.91 Å². The van der Waals surface area contributed by atoms with Crippen molar-refractivity contribution in [2.45, 2.75) is 52.5 Å². The van der Waals surface area contributed by atoms with E-state index in [4.69, 9.17) is 4.98 Å². The summed E-state index contributed by atoms with van der Waals surface area (Å²) in [6.45, 7) is 6.96. The van der Waals surface area contributed by atoms with Crippen LogP contribution in [0.25, 0.3) is 10.2 Å². The highest BCUT2D eigenvalue weighted by Gasteiger charge is 2.21. The van der Waals surface area contributed by atoms with Crippen molar-refractivity contribution < 1.29 is 4.79 Å². The molecule has 3 aromatic rings. The number of benzene rings is 1. The Hall–Kier alpha value is -2.27. The fourth-order valence-electron chi connectivity index (χ4n) is 2.94. The van der Waals surface area contributed by atoms with E-state index in [0.717, 1.165) is 33.8 Å². The highest BCUT2D eigenvalue weighted by Crippen LogP contribution is 2.34. The molecule has 2 aromatic heterocycles. The van der Waals surface area contributed by atoms with Gasteiger partial charge < -0.3 is 0 Å². The number of amides is 1. The predicted octanol–water partition coefficient (Wildman–Crippen LogP) is 5.54. The predicted molar refractivity (Wildman–Crippen MR) is 109 cm³/mol. The van der Waals surface area contributed by atoms with Crippen molar-refractivity contribution in [2.75, 3.05) is 4.90 Å². The number of hydrogen-bond donors (Lipinski definition) is 0. The van der Waals surface area contributed by atoms with Crippen LogP contribution in [0.1, 0.15) is 57.1 Å². The Labute approximate surface area is 158 Å². The zero-order chi connectivity index (χ0) is 18.5. The molecule has 0 N–H and O–H groups in total. The van der Waals surface area contributed by atoms with Crippen molar-refractivity contribution in [2.24, 2.45) is 0 Å². The van der Waals surface area contributed by atoms with E-state index in [9.17, 15) is 4.79 Å². The van der Waals surface area contributed by atoms with Gasteiger partial charge in [-0.05, 0) is 35.6 Å². The minimum atomic E-state index is 0.126. The standard InChI is InChI=1S/C21H25N3OS/c1-4-5-11-19(25)24(14-16-8-7-12-22-13-16)21-23-20-17(15(2)3)9-6-10-18(20)26-21/h6-10,12-13,15H,4-5,11,14H2,1-3H3. The molecule has 0 unspecified atom stereocenters. The molecular formula is C21H25N3OS. The molecule has 0 spiro atoms. The second kappa shape index (κ2) is 8.41. The molecular weight excluding hydrogens is 342 g/mol. The third kappa shape index (κ3) is 4.10. The SMILES string of the molecule is CCCCC(=O)N(Cc1cccnc1)c1nc2c(C(C)C)cccc2s1. The van der Waals surface area contributed by atoms with Crippen LogP contribution in [0.2, 0.25) is 0 Å². The minimum absolute atomic E-state index is 0.126. The third-order valence-electron chi connectivity index (χ3n) is 4.40. The number of unbranched alkanes of at least 4 members (excludes halogenated alkanes) is 1. The summed E-state index contributed by atoms with van der Waals surface area (Å²) in [4.78, 5) is 23.7. The molecule has 26 heavy (non-hydrogen) atoms. The van der Waals surface area contributed by atoms with Gasteiger partial charge in [0.05, 0.1) is 16.8 Å². The van der Waals surface area contributed by atoms with E-state index in [1.807, 2.05) is 23.2 Å². The lowest BCUT2D eigenvalue weighted by Gasteiger charge is -2.19. The molecule has 0 atom stereocenters. The molecule has 0 radical (unpaired) electrons. The molecule has 0 fully saturated rings. The second-order valence-corrected chi connectivity index (χ2v) is 7.80. The summed E-state index contributed by atoms with van der Waals surface area (Å²) in [5.41, 5.74) is 3.26. The molecule has 0 aliphatic heterocycles. The Morgan fingerprint density at radius 1 is 1.23 bits per heavy atom. The first-order valence-corrected chi connectivity index (χ1v) is 10.0. The monoisotopic (exact) mass is 367 g/mol. The van der Waals surface area contributed by atoms with Gasteiger partial charge in [-0.1, -0.05) is 56.7 Å². The number of carbonyl (C=O) groups is 1. The molecule has 0 bridgehead atoms. The van der Waals surface area contributed by atoms with Gasteiger partial charge in [-0.15, -0.1) is 0 Å². The number of aromatic nitrogens is 2. The Bertz CT molecular complexity index is 873. The van der Waals surface area contributed by atoms with Gasteiger partial charge in [0, 0.05) is 18.8 Å². The second-order valence-electron chi connectivity index (χ2n) is 6.79. The van der Waals surface area contributed by atoms with Crippen molar-refractivity contribution in [1.29, 1.82) is 0 Å². The normalized spacial score (nSPS) is 11.2. The van der Waals surface area contributed by atoms with Crippen molar-refractivity contribution in [3.8, 4) is 0 Å². The van der Waals surface area contributed by atoms with Gasteiger partial charge in [-0.3, -0.25) is 14.7 Å². The zero-order valence-corrected chi connectivity index (χ0v) is 16.4. The summed E-state index contributed by atoms with van der Waals surface area (Å²) in [6, 6.07) is 10.2. The highest BCUT2D eigenvalue weighted by molar-refractivity contribution is 7.22. The molecule has 3 rings (SSSR count). The van der Waals surface area contributed by atoms with Gasteiger partial charge in [0.2, 0.25) is 5.91 Å². The molecule has 5 heteroatoms. The third-order valence-corrected chi connectivity index (χ3v) is 5.44. The lowest BCUT2D eigenvalue weighted by molar-refractivity contribution is -0.118. The van der Waals surface area contributed by atoms with Crippen LogP contribution in [0, 0.1) is 0 Å². The first kappa shape index (κ1) is 18.5. The molecule has 1 aromatic carbocycles. The summed E-state index contributed by atoms with van der Waals surface area (Å²) in [6.07, 6.45) is 6.00. The topological polar surface area (TPSA) is 46.1 Å². The van der Waals surface area contributed by atoms with E-state index >= 15 is 0 Å². The summed E-state index contributed by atoms with van der Waals surface area (Å²) in [7, 11) is 0. The number of anilines is 1. The lowest BCUT2D eigenvalue weighted by atomic mass is 10.0. The first-order valence-electron chi connectivity index (χ1n) is 9.19. The summed E-state index contributed by atoms with van der Waals surface area (Å²) in [5, 5.41) is 0.776. The number of carbonyl (C=O) groups excluding carboxylic acids is 1. The molecule has 2 heterocycles. The van der Waals surface area contributed by atoms with Gasteiger partial charge in [0.1, 0.15) is 0 Å². The molecule has 136 valence electrons. The van der Waals surface area contributed by atoms with Crippen LogP contribution in [0.5, 0.6) is 0 Å². The van der Waals surface area contributed by atoms with Gasteiger partial charge >= 0.3 is 0 Å². The fraction of sp³-hybridized carbons (Fsp3) is 0.381. The Balaban J connectivity index is 1.99. The number of hydrogen-bond acceptors (Lipinski definition) is 4. The highest BCUT2D eigenvalue weighted by atomic mass is 32.1. The summed E-state index contributed by atoms with van der Waals surface area (Å²) < 4.78 is 1.13. The van der Waals surface area contributed by atoms with Crippen molar-refractivity contribution in [3.63, 3.8) is 0 Å². The molecule has 1 amide bonds. The Morgan fingerprint density at radius 2 is 2.08 bits per heavy atom. The van der Waals surface area contributed by atoms with E-state index in [0.29, 0.717) is 18.9 Å². The van der Waals surface area contributed by atoms with Crippen molar-refractivity contribution in [3.05, 3.63) is 53.9 Å².